The molecule has 4 aromatic rings. The smallest absolute Gasteiger partial charge is 0.408 e. The molecular weight excluding hydrogens is 1410 g/mol. The predicted molar refractivity (Wildman–Crippen MR) is 381 cm³/mol. The van der Waals surface area contributed by atoms with Crippen molar-refractivity contribution < 1.29 is 115 Å². The van der Waals surface area contributed by atoms with Crippen LogP contribution in [-0.2, 0) is 122 Å². The average Bonchev–Trinajstić information content (AvgIpc) is 0.890. The molecule has 582 valence electrons. The van der Waals surface area contributed by atoms with Crippen LogP contribution in [-0.4, -0.2) is 210 Å². The number of ether oxygens (including phenoxy) is 8. The first-order valence-corrected chi connectivity index (χ1v) is 34.5. The van der Waals surface area contributed by atoms with Crippen LogP contribution in [0.25, 0.3) is 0 Å². The van der Waals surface area contributed by atoms with Crippen molar-refractivity contribution in [2.45, 2.75) is 128 Å². The highest BCUT2D eigenvalue weighted by molar-refractivity contribution is 6.48. The summed E-state index contributed by atoms with van der Waals surface area (Å²) in [7, 11) is 4.49. The zero-order valence-electron chi connectivity index (χ0n) is 60.5. The summed E-state index contributed by atoms with van der Waals surface area (Å²) in [4.78, 5) is 210. The number of methoxy groups -OCH3 is 4. The number of carbonyl (C=O) groups is 16. The van der Waals surface area contributed by atoms with E-state index in [1.807, 2.05) is 0 Å². The van der Waals surface area contributed by atoms with Crippen LogP contribution in [0.5, 0.6) is 0 Å². The zero-order chi connectivity index (χ0) is 78.9. The number of Topliss-reactive ketones (excluding diaryl/α,β-unsaturated/α-hetero) is 2. The van der Waals surface area contributed by atoms with Crippen molar-refractivity contribution in [2.24, 2.45) is 0 Å². The summed E-state index contributed by atoms with van der Waals surface area (Å²) in [6, 6.07) is 30.4. The van der Waals surface area contributed by atoms with Crippen molar-refractivity contribution >= 4 is 95.3 Å². The Bertz CT molecular complexity index is 3250. The summed E-state index contributed by atoms with van der Waals surface area (Å²) >= 11 is 0. The van der Waals surface area contributed by atoms with Crippen molar-refractivity contribution in [3.8, 4) is 11.8 Å². The van der Waals surface area contributed by atoms with Gasteiger partial charge in [-0.1, -0.05) is 121 Å². The van der Waals surface area contributed by atoms with Crippen molar-refractivity contribution in [1.82, 2.24) is 52.3 Å². The van der Waals surface area contributed by atoms with Crippen LogP contribution in [0.2, 0.25) is 0 Å². The van der Waals surface area contributed by atoms with Gasteiger partial charge in [-0.05, 0) is 111 Å². The van der Waals surface area contributed by atoms with E-state index in [4.69, 9.17) is 37.9 Å². The fourth-order valence-electron chi connectivity index (χ4n) is 9.82. The molecular formula is C74H92N10O24. The summed E-state index contributed by atoms with van der Waals surface area (Å²) < 4.78 is 40.2. The second-order valence-corrected chi connectivity index (χ2v) is 23.7. The fraction of sp³-hybridized carbons (Fsp3) is 0.432. The van der Waals surface area contributed by atoms with E-state index in [0.717, 1.165) is 28.4 Å². The van der Waals surface area contributed by atoms with Gasteiger partial charge in [-0.25, -0.2) is 38.4 Å². The van der Waals surface area contributed by atoms with Crippen LogP contribution in [0.4, 0.5) is 19.2 Å². The number of alkyl carbamates (subject to hydrolysis) is 4. The topological polar surface area (TPSA) is 450 Å². The van der Waals surface area contributed by atoms with Crippen LogP contribution in [0.15, 0.2) is 121 Å². The Hall–Kier alpha value is -12.4. The molecule has 0 aliphatic rings. The minimum Gasteiger partial charge on any atom is -0.467 e. The Labute approximate surface area is 623 Å². The van der Waals surface area contributed by atoms with Crippen molar-refractivity contribution in [1.29, 1.82) is 0 Å². The highest BCUT2D eigenvalue weighted by Gasteiger charge is 2.30. The van der Waals surface area contributed by atoms with E-state index >= 15 is 0 Å². The molecule has 0 spiro atoms. The largest absolute Gasteiger partial charge is 0.467 e. The van der Waals surface area contributed by atoms with Crippen LogP contribution >= 0.6 is 0 Å². The molecule has 4 aromatic carbocycles. The number of nitrogens with zero attached hydrogens (tertiary/aromatic N) is 2. The minimum absolute atomic E-state index is 0.0271. The van der Waals surface area contributed by atoms with Crippen molar-refractivity contribution in [3.05, 3.63) is 144 Å². The summed E-state index contributed by atoms with van der Waals surface area (Å²) in [6.07, 6.45) is -1.94. The summed E-state index contributed by atoms with van der Waals surface area (Å²) in [5.41, 5.74) is 2.77. The number of hydrogen-bond donors (Lipinski definition) is 8. The van der Waals surface area contributed by atoms with Crippen LogP contribution < -0.4 is 42.5 Å². The lowest BCUT2D eigenvalue weighted by Gasteiger charge is -2.21. The Morgan fingerprint density at radius 1 is 0.306 bits per heavy atom. The van der Waals surface area contributed by atoms with Crippen LogP contribution in [0.1, 0.15) is 99.3 Å². The predicted octanol–water partition coefficient (Wildman–Crippen LogP) is 2.80. The number of ketones is 2. The number of rotatable bonds is 46. The van der Waals surface area contributed by atoms with Crippen molar-refractivity contribution in [2.75, 3.05) is 80.8 Å². The summed E-state index contributed by atoms with van der Waals surface area (Å²) in [5, 5.41) is 19.9. The van der Waals surface area contributed by atoms with Gasteiger partial charge in [0.2, 0.25) is 23.6 Å². The summed E-state index contributed by atoms with van der Waals surface area (Å²) in [5.74, 6) is -9.89. The molecule has 8 N–H and O–H groups in total. The molecule has 0 bridgehead atoms. The molecule has 0 aliphatic carbocycles. The fourth-order valence-corrected chi connectivity index (χ4v) is 9.82. The molecule has 0 radical (unpaired) electrons. The molecule has 0 saturated carbocycles. The molecule has 108 heavy (non-hydrogen) atoms. The molecule has 0 aromatic heterocycles. The molecule has 0 heterocycles. The van der Waals surface area contributed by atoms with E-state index in [0.29, 0.717) is 32.1 Å². The van der Waals surface area contributed by atoms with Gasteiger partial charge in [0, 0.05) is 26.2 Å². The number of carbonyl (C=O) groups excluding carboxylic acids is 16. The maximum atomic E-state index is 13.9. The van der Waals surface area contributed by atoms with E-state index in [1.165, 1.54) is 0 Å². The zero-order valence-corrected chi connectivity index (χ0v) is 60.5. The Morgan fingerprint density at radius 2 is 0.509 bits per heavy atom. The average molecular weight is 1510 g/mol. The second-order valence-electron chi connectivity index (χ2n) is 23.7. The molecule has 0 aliphatic heterocycles. The van der Waals surface area contributed by atoms with E-state index in [2.05, 4.69) is 42.5 Å². The highest BCUT2D eigenvalue weighted by atomic mass is 16.6. The van der Waals surface area contributed by atoms with Gasteiger partial charge in [-0.3, -0.25) is 38.4 Å². The number of nitrogens with one attached hydrogen (secondary N) is 8. The maximum absolute atomic E-state index is 13.9. The monoisotopic (exact) mass is 1500 g/mol. The third kappa shape index (κ3) is 36.3. The molecule has 0 unspecified atom stereocenters. The van der Waals surface area contributed by atoms with Crippen LogP contribution in [0.3, 0.4) is 0 Å². The molecule has 34 heteroatoms. The normalized spacial score (nSPS) is 11.5. The van der Waals surface area contributed by atoms with Crippen LogP contribution in [0, 0.1) is 11.8 Å². The molecule has 0 saturated heterocycles. The first-order valence-electron chi connectivity index (χ1n) is 34.5. The highest BCUT2D eigenvalue weighted by Crippen LogP contribution is 2.12. The van der Waals surface area contributed by atoms with E-state index in [1.54, 1.807) is 133 Å². The third-order valence-electron chi connectivity index (χ3n) is 15.5. The molecule has 4 rings (SSSR count). The molecule has 0 fully saturated rings. The third-order valence-corrected chi connectivity index (χ3v) is 15.5. The Kier molecular flexibility index (Phi) is 41.4. The minimum atomic E-state index is -1.70. The first kappa shape index (κ1) is 88.0. The summed E-state index contributed by atoms with van der Waals surface area (Å²) in [6.45, 7) is -4.58. The quantitative estimate of drug-likeness (QED) is 0.00787. The van der Waals surface area contributed by atoms with Gasteiger partial charge in [0.25, 0.3) is 11.6 Å². The molecule has 10 amide bonds. The van der Waals surface area contributed by atoms with E-state index < -0.39 is 146 Å². The lowest BCUT2D eigenvalue weighted by atomic mass is 10.1. The number of esters is 4. The lowest BCUT2D eigenvalue weighted by molar-refractivity contribution is -0.145. The SMILES string of the molecule is COC(=O)[C@H](CCCCNC(=O)CN(CC(=O)NCCCC[C@H](NC(=O)OCc1ccccc1)C(=O)OC)C(=O)C(=O)C#CC(=O)C(=O)N(CC(=O)NCCCC[C@H](NC(=O)OCc1ccccc1)C(=O)OC)CC(=O)NCCCC[C@H](NC(=O)OCc1ccccc1)C(=O)OC)NC(=O)OCc1ccccc1. The number of benzene rings is 4. The van der Waals surface area contributed by atoms with Gasteiger partial charge in [0.15, 0.2) is 0 Å². The van der Waals surface area contributed by atoms with Gasteiger partial charge in [0.05, 0.1) is 28.4 Å². The van der Waals surface area contributed by atoms with Gasteiger partial charge in [-0.2, -0.15) is 0 Å². The van der Waals surface area contributed by atoms with Crippen molar-refractivity contribution in [3.63, 3.8) is 0 Å². The number of unbranched alkanes of at least 4 members (excludes halogenated alkanes) is 4. The number of hydrogen-bond acceptors (Lipinski definition) is 24. The second kappa shape index (κ2) is 50.9. The molecule has 34 nitrogen and oxygen atoms in total. The lowest BCUT2D eigenvalue weighted by Crippen LogP contribution is -2.48. The van der Waals surface area contributed by atoms with E-state index in [9.17, 15) is 76.7 Å². The first-order chi connectivity index (χ1) is 52.0. The Morgan fingerprint density at radius 3 is 0.704 bits per heavy atom. The van der Waals surface area contributed by atoms with Gasteiger partial charge >= 0.3 is 60.1 Å². The van der Waals surface area contributed by atoms with Gasteiger partial charge in [0.1, 0.15) is 76.8 Å². The van der Waals surface area contributed by atoms with E-state index in [-0.39, 0.29) is 130 Å². The molecule has 4 atom stereocenters. The van der Waals surface area contributed by atoms with Gasteiger partial charge < -0.3 is 90.2 Å². The maximum Gasteiger partial charge on any atom is 0.408 e. The standard InChI is InChI=1S/C74H92N10O24/c1-101-67(93)55(79-71(97)105-47-51-25-9-5-10-26-51)33-17-21-39-75-61(87)43-83(44-62(88)76-40-22-18-34-56(68(94)102-2)80-72(98)106-48-52-27-11-6-12-28-52)65(91)59(85)37-38-60(86)66(92)84(45-63(89)77-41-23-19-35-57(69(95)103-3)81-73(99)107-49-53-29-13-7-14-30-53)46-64(90)78-42-24-20-36-58(70(96)104-4)82-74(100)108-50-54-31-15-8-16-32-54/h5-16,25-32,55-58H,17-24,33-36,39-50H2,1-4H3,(H,75,87)(H,76,88)(H,77,89)(H,78,90)(H,79,97)(H,80,98)(H,81,99)(H,82,100)/t55-,56-,57-,58-/m0/s1. The Balaban J connectivity index is 1.45. The number of amides is 10. The van der Waals surface area contributed by atoms with Gasteiger partial charge in [-0.15, -0.1) is 0 Å².